The molecule has 2 heterocycles. The quantitative estimate of drug-likeness (QED) is 0.181. The van der Waals surface area contributed by atoms with E-state index in [0.717, 1.165) is 66.9 Å². The molecule has 4 nitrogen and oxygen atoms in total. The Labute approximate surface area is 232 Å². The number of nitrogens with zero attached hydrogens (tertiary/aromatic N) is 2. The fourth-order valence-electron chi connectivity index (χ4n) is 5.74. The number of halogens is 2. The summed E-state index contributed by atoms with van der Waals surface area (Å²) in [5, 5.41) is 2.06. The minimum atomic E-state index is -0.160. The van der Waals surface area contributed by atoms with E-state index in [1.807, 2.05) is 24.5 Å². The Hall–Kier alpha value is -2.70. The van der Waals surface area contributed by atoms with Crippen molar-refractivity contribution < 1.29 is 8.78 Å². The summed E-state index contributed by atoms with van der Waals surface area (Å²) < 4.78 is 26.7. The fourth-order valence-corrected chi connectivity index (χ4v) is 5.74. The van der Waals surface area contributed by atoms with Crippen molar-refractivity contribution in [2.45, 2.75) is 78.2 Å². The maximum absolute atomic E-state index is 13.4. The molecule has 2 N–H and O–H groups in total. The number of fused-ring (bicyclic) bond motifs is 2. The van der Waals surface area contributed by atoms with E-state index in [2.05, 4.69) is 40.5 Å². The zero-order chi connectivity index (χ0) is 27.6. The van der Waals surface area contributed by atoms with E-state index in [4.69, 9.17) is 0 Å². The number of hydrogen-bond acceptors (Lipinski definition) is 2. The van der Waals surface area contributed by atoms with Crippen LogP contribution in [-0.4, -0.2) is 58.5 Å². The van der Waals surface area contributed by atoms with Gasteiger partial charge in [0, 0.05) is 53.3 Å². The standard InChI is InChI=1S/C17H23FN2.C16H23FN2/c1-2-9-20(15-4-3-5-15)10-8-13-12-19-17-7-6-14(18)11-16(13)17;1-3-8-19(9-4-2)10-7-13-12-18-16-6-5-14(17)11-15(13)16/h6-7,11-12,15,19H,2-5,8-10H2,1H3;5-6,11-12,18H,3-4,7-10H2,1-2H3. The van der Waals surface area contributed by atoms with Gasteiger partial charge in [0.2, 0.25) is 0 Å². The number of benzene rings is 2. The fraction of sp³-hybridized carbons (Fsp3) is 0.515. The maximum atomic E-state index is 13.4. The van der Waals surface area contributed by atoms with E-state index in [1.165, 1.54) is 68.3 Å². The summed E-state index contributed by atoms with van der Waals surface area (Å²) in [5.41, 5.74) is 4.51. The molecule has 4 aromatic rings. The van der Waals surface area contributed by atoms with Gasteiger partial charge >= 0.3 is 0 Å². The molecule has 0 unspecified atom stereocenters. The molecule has 1 aliphatic rings. The molecule has 0 saturated heterocycles. The second kappa shape index (κ2) is 14.6. The van der Waals surface area contributed by atoms with Gasteiger partial charge in [0.05, 0.1) is 0 Å². The average molecular weight is 537 g/mol. The molecule has 0 atom stereocenters. The first kappa shape index (κ1) is 29.3. The number of aromatic nitrogens is 2. The van der Waals surface area contributed by atoms with Crippen molar-refractivity contribution in [2.75, 3.05) is 32.7 Å². The molecule has 1 fully saturated rings. The highest BCUT2D eigenvalue weighted by Gasteiger charge is 2.24. The lowest BCUT2D eigenvalue weighted by atomic mass is 9.91. The lowest BCUT2D eigenvalue weighted by molar-refractivity contribution is 0.129. The number of aromatic amines is 2. The Bertz CT molecular complexity index is 1280. The molecule has 2 aromatic heterocycles. The first-order valence-corrected chi connectivity index (χ1v) is 15.0. The Kier molecular flexibility index (Phi) is 11.0. The van der Waals surface area contributed by atoms with Gasteiger partial charge in [-0.25, -0.2) is 8.78 Å². The predicted molar refractivity (Wildman–Crippen MR) is 160 cm³/mol. The van der Waals surface area contributed by atoms with Crippen LogP contribution in [0.3, 0.4) is 0 Å². The van der Waals surface area contributed by atoms with Gasteiger partial charge in [0.25, 0.3) is 0 Å². The molecule has 0 spiro atoms. The van der Waals surface area contributed by atoms with Crippen LogP contribution in [0.2, 0.25) is 0 Å². The molecule has 0 bridgehead atoms. The molecule has 6 heteroatoms. The first-order chi connectivity index (χ1) is 19.0. The van der Waals surface area contributed by atoms with Crippen LogP contribution in [0.5, 0.6) is 0 Å². The van der Waals surface area contributed by atoms with Crippen LogP contribution in [0.15, 0.2) is 48.8 Å². The largest absolute Gasteiger partial charge is 0.361 e. The molecule has 0 amide bonds. The second-order valence-electron chi connectivity index (χ2n) is 11.0. The van der Waals surface area contributed by atoms with Crippen LogP contribution in [0.4, 0.5) is 8.78 Å². The van der Waals surface area contributed by atoms with Crippen LogP contribution in [-0.2, 0) is 12.8 Å². The predicted octanol–water partition coefficient (Wildman–Crippen LogP) is 8.09. The summed E-state index contributed by atoms with van der Waals surface area (Å²) in [4.78, 5) is 11.6. The zero-order valence-corrected chi connectivity index (χ0v) is 24.0. The van der Waals surface area contributed by atoms with Gasteiger partial charge < -0.3 is 19.8 Å². The van der Waals surface area contributed by atoms with E-state index in [1.54, 1.807) is 12.1 Å². The molecule has 39 heavy (non-hydrogen) atoms. The Balaban J connectivity index is 0.000000181. The minimum absolute atomic E-state index is 0.150. The smallest absolute Gasteiger partial charge is 0.123 e. The van der Waals surface area contributed by atoms with Gasteiger partial charge in [-0.3, -0.25) is 0 Å². The van der Waals surface area contributed by atoms with Crippen molar-refractivity contribution in [3.63, 3.8) is 0 Å². The summed E-state index contributed by atoms with van der Waals surface area (Å²) in [5.74, 6) is -0.310. The second-order valence-corrected chi connectivity index (χ2v) is 11.0. The van der Waals surface area contributed by atoms with Crippen molar-refractivity contribution in [3.05, 3.63) is 71.6 Å². The summed E-state index contributed by atoms with van der Waals surface area (Å²) >= 11 is 0. The summed E-state index contributed by atoms with van der Waals surface area (Å²) in [6.07, 6.45) is 13.7. The van der Waals surface area contributed by atoms with Gasteiger partial charge in [-0.1, -0.05) is 27.2 Å². The number of hydrogen-bond donors (Lipinski definition) is 2. The summed E-state index contributed by atoms with van der Waals surface area (Å²) in [6, 6.07) is 10.7. The zero-order valence-electron chi connectivity index (χ0n) is 24.0. The van der Waals surface area contributed by atoms with Crippen molar-refractivity contribution in [3.8, 4) is 0 Å². The number of rotatable bonds is 13. The highest BCUT2D eigenvalue weighted by Crippen LogP contribution is 2.26. The highest BCUT2D eigenvalue weighted by molar-refractivity contribution is 5.83. The molecule has 212 valence electrons. The monoisotopic (exact) mass is 536 g/mol. The van der Waals surface area contributed by atoms with E-state index >= 15 is 0 Å². The van der Waals surface area contributed by atoms with Gasteiger partial charge in [-0.2, -0.15) is 0 Å². The normalized spacial score (nSPS) is 13.8. The van der Waals surface area contributed by atoms with Crippen LogP contribution in [0, 0.1) is 11.6 Å². The van der Waals surface area contributed by atoms with E-state index < -0.39 is 0 Å². The minimum Gasteiger partial charge on any atom is -0.361 e. The Morgan fingerprint density at radius 2 is 1.21 bits per heavy atom. The summed E-state index contributed by atoms with van der Waals surface area (Å²) in [6.45, 7) is 12.3. The molecule has 1 saturated carbocycles. The molecule has 0 aliphatic heterocycles. The molecular formula is C33H46F2N4. The number of H-pyrrole nitrogens is 2. The molecule has 1 aliphatic carbocycles. The Morgan fingerprint density at radius 1 is 0.692 bits per heavy atom. The van der Waals surface area contributed by atoms with Crippen LogP contribution >= 0.6 is 0 Å². The van der Waals surface area contributed by atoms with Gasteiger partial charge in [-0.15, -0.1) is 0 Å². The number of nitrogens with one attached hydrogen (secondary N) is 2. The van der Waals surface area contributed by atoms with Crippen LogP contribution in [0.1, 0.15) is 70.4 Å². The van der Waals surface area contributed by atoms with E-state index in [0.29, 0.717) is 0 Å². The molecular weight excluding hydrogens is 490 g/mol. The lowest BCUT2D eigenvalue weighted by Crippen LogP contribution is -2.41. The highest BCUT2D eigenvalue weighted by atomic mass is 19.1. The topological polar surface area (TPSA) is 38.1 Å². The van der Waals surface area contributed by atoms with Gasteiger partial charge in [-0.05, 0) is 112 Å². The van der Waals surface area contributed by atoms with E-state index in [9.17, 15) is 8.78 Å². The first-order valence-electron chi connectivity index (χ1n) is 15.0. The average Bonchev–Trinajstić information content (AvgIpc) is 3.48. The van der Waals surface area contributed by atoms with Gasteiger partial charge in [0.1, 0.15) is 11.6 Å². The summed E-state index contributed by atoms with van der Waals surface area (Å²) in [7, 11) is 0. The molecule has 0 radical (unpaired) electrons. The third kappa shape index (κ3) is 7.92. The lowest BCUT2D eigenvalue weighted by Gasteiger charge is -2.37. The van der Waals surface area contributed by atoms with Crippen molar-refractivity contribution in [2.24, 2.45) is 0 Å². The van der Waals surface area contributed by atoms with Crippen LogP contribution < -0.4 is 0 Å². The van der Waals surface area contributed by atoms with Gasteiger partial charge in [0.15, 0.2) is 0 Å². The van der Waals surface area contributed by atoms with Crippen LogP contribution in [0.25, 0.3) is 21.8 Å². The SMILES string of the molecule is CCCN(CCC)CCc1c[nH]c2ccc(F)cc12.CCCN(CCc1c[nH]c2ccc(F)cc12)C1CCC1. The van der Waals surface area contributed by atoms with Crippen molar-refractivity contribution >= 4 is 21.8 Å². The molecule has 2 aromatic carbocycles. The van der Waals surface area contributed by atoms with E-state index in [-0.39, 0.29) is 11.6 Å². The van der Waals surface area contributed by atoms with Crippen molar-refractivity contribution in [1.29, 1.82) is 0 Å². The maximum Gasteiger partial charge on any atom is 0.123 e. The van der Waals surface area contributed by atoms with Crippen molar-refractivity contribution in [1.82, 2.24) is 19.8 Å². The third-order valence-electron chi connectivity index (χ3n) is 8.01. The Morgan fingerprint density at radius 3 is 1.67 bits per heavy atom. The molecule has 5 rings (SSSR count). The third-order valence-corrected chi connectivity index (χ3v) is 8.01.